The molecule has 5 heteroatoms. The summed E-state index contributed by atoms with van der Waals surface area (Å²) in [6, 6.07) is 20.1. The first-order chi connectivity index (χ1) is 21.6. The number of hydrogen-bond donors (Lipinski definition) is 0. The lowest BCUT2D eigenvalue weighted by atomic mass is 9.92. The molecule has 0 spiro atoms. The Kier molecular flexibility index (Phi) is 3.49. The summed E-state index contributed by atoms with van der Waals surface area (Å²) in [4.78, 5) is 9.65. The number of pyridine rings is 2. The summed E-state index contributed by atoms with van der Waals surface area (Å²) < 4.78 is 79.8. The van der Waals surface area contributed by atoms with Gasteiger partial charge in [-0.1, -0.05) is 84.8 Å². The molecule has 0 aliphatic carbocycles. The molecule has 39 heavy (non-hydrogen) atoms. The van der Waals surface area contributed by atoms with Gasteiger partial charge in [0, 0.05) is 33.7 Å². The lowest BCUT2D eigenvalue weighted by molar-refractivity contribution is 0.598. The molecule has 0 fully saturated rings. The van der Waals surface area contributed by atoms with Crippen LogP contribution in [0.1, 0.15) is 8.22 Å². The van der Waals surface area contributed by atoms with Gasteiger partial charge in [-0.05, 0) is 52.2 Å². The molecule has 4 nitrogen and oxygen atoms in total. The van der Waals surface area contributed by atoms with E-state index in [4.69, 9.17) is 10.5 Å². The highest BCUT2D eigenvalue weighted by Gasteiger charge is 2.32. The Morgan fingerprint density at radius 3 is 2.21 bits per heavy atom. The van der Waals surface area contributed by atoms with Gasteiger partial charge in [-0.3, -0.25) is 4.98 Å². The molecular formula is C34H20N2O2S. The zero-order chi connectivity index (χ0) is 31.4. The number of benzene rings is 5. The molecule has 1 aliphatic rings. The Hall–Kier alpha value is -4.87. The second-order valence-electron chi connectivity index (χ2n) is 9.37. The molecule has 0 bridgehead atoms. The maximum Gasteiger partial charge on any atom is 0.207 e. The van der Waals surface area contributed by atoms with Crippen molar-refractivity contribution in [3.05, 3.63) is 121 Å². The lowest BCUT2D eigenvalue weighted by Gasteiger charge is -2.13. The summed E-state index contributed by atoms with van der Waals surface area (Å²) in [5.41, 5.74) is 3.01. The van der Waals surface area contributed by atoms with Crippen LogP contribution in [-0.4, -0.2) is 18.4 Å². The number of nitrogens with zero attached hydrogens (tertiary/aromatic N) is 2. The summed E-state index contributed by atoms with van der Waals surface area (Å²) in [5.74, 6) is 0. The summed E-state index contributed by atoms with van der Waals surface area (Å²) in [6.45, 7) is 0. The van der Waals surface area contributed by atoms with Crippen LogP contribution in [-0.2, 0) is 9.84 Å². The molecule has 7 aromatic rings. The average Bonchev–Trinajstić information content (AvgIpc) is 3.29. The van der Waals surface area contributed by atoms with Crippen molar-refractivity contribution in [2.45, 2.75) is 9.79 Å². The molecule has 5 aromatic carbocycles. The third-order valence-electron chi connectivity index (χ3n) is 7.21. The van der Waals surface area contributed by atoms with Gasteiger partial charge in [0.15, 0.2) is 0 Å². The van der Waals surface area contributed by atoms with Gasteiger partial charge in [0.2, 0.25) is 9.84 Å². The molecule has 184 valence electrons. The summed E-state index contributed by atoms with van der Waals surface area (Å²) in [6.07, 6.45) is 1.66. The van der Waals surface area contributed by atoms with E-state index < -0.39 is 21.9 Å². The van der Waals surface area contributed by atoms with E-state index in [1.54, 1.807) is 36.5 Å². The van der Waals surface area contributed by atoms with Crippen molar-refractivity contribution in [1.82, 2.24) is 9.97 Å². The third kappa shape index (κ3) is 3.20. The van der Waals surface area contributed by atoms with Crippen LogP contribution in [0.25, 0.3) is 66.1 Å². The summed E-state index contributed by atoms with van der Waals surface area (Å²) >= 11 is 0. The van der Waals surface area contributed by atoms with Crippen LogP contribution in [0.15, 0.2) is 131 Å². The molecule has 8 rings (SSSR count). The number of sulfone groups is 1. The molecule has 0 saturated carbocycles. The average molecular weight is 527 g/mol. The Bertz CT molecular complexity index is 2590. The molecule has 3 heterocycles. The Morgan fingerprint density at radius 2 is 1.33 bits per heavy atom. The van der Waals surface area contributed by atoms with Crippen molar-refractivity contribution in [2.75, 3.05) is 0 Å². The zero-order valence-electron chi connectivity index (χ0n) is 26.2. The first-order valence-corrected chi connectivity index (χ1v) is 13.7. The van der Waals surface area contributed by atoms with Crippen LogP contribution >= 0.6 is 0 Å². The number of fused-ring (bicyclic) bond motifs is 7. The molecule has 0 radical (unpaired) electrons. The van der Waals surface area contributed by atoms with E-state index in [9.17, 15) is 11.2 Å². The van der Waals surface area contributed by atoms with Crippen molar-refractivity contribution in [1.29, 1.82) is 0 Å². The van der Waals surface area contributed by atoms with Crippen LogP contribution in [0, 0.1) is 0 Å². The highest BCUT2D eigenvalue weighted by Crippen LogP contribution is 2.45. The quantitative estimate of drug-likeness (QED) is 0.214. The topological polar surface area (TPSA) is 59.9 Å². The normalized spacial score (nSPS) is 15.7. The Balaban J connectivity index is 1.48. The van der Waals surface area contributed by atoms with Gasteiger partial charge in [0.1, 0.15) is 0 Å². The molecule has 0 atom stereocenters. The molecule has 0 N–H and O–H groups in total. The molecular weight excluding hydrogens is 500 g/mol. The fourth-order valence-corrected chi connectivity index (χ4v) is 7.05. The van der Waals surface area contributed by atoms with Gasteiger partial charge in [0.05, 0.1) is 34.7 Å². The SMILES string of the molecule is [2H]c1c([2H])c([2H])c2c(-c3ccc4ccc5cccnc5c4n3)c([2H])c([2H])c(-c3ccc4c(c3)-c3ccccc3S4(=O)=O)c2c1[2H]. The second-order valence-corrected chi connectivity index (χ2v) is 11.3. The largest absolute Gasteiger partial charge is 0.254 e. The van der Waals surface area contributed by atoms with E-state index in [0.29, 0.717) is 27.7 Å². The van der Waals surface area contributed by atoms with Gasteiger partial charge < -0.3 is 0 Å². The lowest BCUT2D eigenvalue weighted by Crippen LogP contribution is -1.96. The second kappa shape index (κ2) is 8.06. The number of hydrogen-bond acceptors (Lipinski definition) is 4. The van der Waals surface area contributed by atoms with Crippen molar-refractivity contribution in [2.24, 2.45) is 0 Å². The molecule has 0 amide bonds. The minimum Gasteiger partial charge on any atom is -0.254 e. The maximum absolute atomic E-state index is 13.2. The van der Waals surface area contributed by atoms with E-state index in [1.807, 2.05) is 30.3 Å². The third-order valence-corrected chi connectivity index (χ3v) is 9.08. The Morgan fingerprint density at radius 1 is 0.615 bits per heavy atom. The predicted molar refractivity (Wildman–Crippen MR) is 156 cm³/mol. The highest BCUT2D eigenvalue weighted by atomic mass is 32.2. The van der Waals surface area contributed by atoms with Gasteiger partial charge >= 0.3 is 0 Å². The highest BCUT2D eigenvalue weighted by molar-refractivity contribution is 7.92. The smallest absolute Gasteiger partial charge is 0.207 e. The monoisotopic (exact) mass is 526 g/mol. The van der Waals surface area contributed by atoms with E-state index in [1.165, 1.54) is 18.2 Å². The summed E-state index contributed by atoms with van der Waals surface area (Å²) in [7, 11) is -3.75. The first-order valence-electron chi connectivity index (χ1n) is 15.3. The van der Waals surface area contributed by atoms with Gasteiger partial charge in [-0.2, -0.15) is 0 Å². The molecule has 1 aliphatic heterocycles. The van der Waals surface area contributed by atoms with E-state index in [-0.39, 0.29) is 61.6 Å². The summed E-state index contributed by atoms with van der Waals surface area (Å²) in [5, 5.41) is 1.79. The van der Waals surface area contributed by atoms with Crippen molar-refractivity contribution in [3.63, 3.8) is 0 Å². The van der Waals surface area contributed by atoms with E-state index in [0.717, 1.165) is 10.8 Å². The van der Waals surface area contributed by atoms with Crippen LogP contribution in [0.2, 0.25) is 0 Å². The standard InChI is InChI=1S/C34H20N2O2S/c37-39(38)31-10-4-3-9-28(31)29-20-23(14-18-32(29)39)24-15-16-27(26-8-2-1-7-25(24)26)30-17-13-22-12-11-21-6-5-19-35-33(21)34(22)36-30/h1-20H/i1D,2D,7D,8D,15D,16D. The molecule has 0 saturated heterocycles. The van der Waals surface area contributed by atoms with Crippen molar-refractivity contribution in [3.8, 4) is 33.5 Å². The Labute approximate surface area is 233 Å². The predicted octanol–water partition coefficient (Wildman–Crippen LogP) is 8.08. The fraction of sp³-hybridized carbons (Fsp3) is 0. The van der Waals surface area contributed by atoms with Gasteiger partial charge in [-0.15, -0.1) is 0 Å². The molecule has 0 unspecified atom stereocenters. The number of aromatic nitrogens is 2. The minimum atomic E-state index is -3.75. The van der Waals surface area contributed by atoms with Gasteiger partial charge in [0.25, 0.3) is 0 Å². The first kappa shape index (κ1) is 16.9. The van der Waals surface area contributed by atoms with Crippen LogP contribution < -0.4 is 0 Å². The van der Waals surface area contributed by atoms with E-state index >= 15 is 0 Å². The van der Waals surface area contributed by atoms with Crippen LogP contribution in [0.4, 0.5) is 0 Å². The van der Waals surface area contributed by atoms with Crippen molar-refractivity contribution >= 4 is 42.4 Å². The van der Waals surface area contributed by atoms with Crippen LogP contribution in [0.5, 0.6) is 0 Å². The van der Waals surface area contributed by atoms with Crippen LogP contribution in [0.3, 0.4) is 0 Å². The fourth-order valence-electron chi connectivity index (χ4n) is 5.38. The number of rotatable bonds is 2. The minimum absolute atomic E-state index is 0.0593. The van der Waals surface area contributed by atoms with Crippen molar-refractivity contribution < 1.29 is 16.6 Å². The molecule has 2 aromatic heterocycles. The zero-order valence-corrected chi connectivity index (χ0v) is 21.0. The van der Waals surface area contributed by atoms with E-state index in [2.05, 4.69) is 4.98 Å². The maximum atomic E-state index is 13.2. The van der Waals surface area contributed by atoms with Gasteiger partial charge in [-0.25, -0.2) is 13.4 Å².